The molecule has 0 unspecified atom stereocenters. The third-order valence-corrected chi connectivity index (χ3v) is 4.41. The maximum absolute atomic E-state index is 13.1. The van der Waals surface area contributed by atoms with Crippen molar-refractivity contribution in [2.75, 3.05) is 16.9 Å². The number of carbonyl (C=O) groups excluding carboxylic acids is 1. The molecule has 3 aromatic rings. The highest BCUT2D eigenvalue weighted by Gasteiger charge is 2.18. The van der Waals surface area contributed by atoms with Gasteiger partial charge < -0.3 is 10.6 Å². The van der Waals surface area contributed by atoms with Gasteiger partial charge in [-0.1, -0.05) is 36.4 Å². The molecule has 3 aromatic carbocycles. The lowest BCUT2D eigenvalue weighted by molar-refractivity contribution is 0.0988. The zero-order chi connectivity index (χ0) is 20.8. The van der Waals surface area contributed by atoms with Gasteiger partial charge in [0.25, 0.3) is 5.91 Å². The smallest absolute Gasteiger partial charge is 0.258 e. The largest absolute Gasteiger partial charge is 0.382 e. The summed E-state index contributed by atoms with van der Waals surface area (Å²) < 4.78 is 0. The van der Waals surface area contributed by atoms with Gasteiger partial charge >= 0.3 is 0 Å². The van der Waals surface area contributed by atoms with Crippen molar-refractivity contribution in [2.24, 2.45) is 10.8 Å². The third-order valence-electron chi connectivity index (χ3n) is 4.41. The topological polar surface area (TPSA) is 118 Å². The van der Waals surface area contributed by atoms with E-state index in [9.17, 15) is 4.79 Å². The molecule has 0 atom stereocenters. The Hall–Kier alpha value is -4.18. The van der Waals surface area contributed by atoms with Crippen molar-refractivity contribution in [3.63, 3.8) is 0 Å². The lowest BCUT2D eigenvalue weighted by Gasteiger charge is -2.23. The average molecular weight is 384 g/mol. The van der Waals surface area contributed by atoms with Gasteiger partial charge in [0.15, 0.2) is 5.84 Å². The summed E-state index contributed by atoms with van der Waals surface area (Å²) >= 11 is 0. The van der Waals surface area contributed by atoms with Crippen LogP contribution in [0, 0.1) is 16.7 Å². The van der Waals surface area contributed by atoms with Crippen LogP contribution in [0.25, 0.3) is 10.8 Å². The molecule has 1 amide bonds. The van der Waals surface area contributed by atoms with Crippen LogP contribution in [-0.4, -0.2) is 24.0 Å². The zero-order valence-electron chi connectivity index (χ0n) is 15.9. The number of hydrazone groups is 1. The van der Waals surface area contributed by atoms with Gasteiger partial charge in [-0.25, -0.2) is 0 Å². The van der Waals surface area contributed by atoms with Gasteiger partial charge in [0.2, 0.25) is 5.71 Å². The van der Waals surface area contributed by atoms with Crippen molar-refractivity contribution < 1.29 is 4.79 Å². The van der Waals surface area contributed by atoms with Crippen LogP contribution in [0.15, 0.2) is 71.8 Å². The normalized spacial score (nSPS) is 11.0. The molecule has 0 aliphatic heterocycles. The molecule has 0 saturated heterocycles. The van der Waals surface area contributed by atoms with Crippen molar-refractivity contribution in [2.45, 2.75) is 6.92 Å². The molecule has 7 nitrogen and oxygen atoms in total. The molecular formula is C22H20N6O. The average Bonchev–Trinajstić information content (AvgIpc) is 2.75. The van der Waals surface area contributed by atoms with Crippen LogP contribution in [0.5, 0.6) is 0 Å². The minimum absolute atomic E-state index is 0.111. The van der Waals surface area contributed by atoms with Crippen LogP contribution in [0.2, 0.25) is 0 Å². The quantitative estimate of drug-likeness (QED) is 0.341. The summed E-state index contributed by atoms with van der Waals surface area (Å²) in [6.07, 6.45) is 0. The fraction of sp³-hybridized carbons (Fsp3) is 0.0909. The Morgan fingerprint density at radius 2 is 1.83 bits per heavy atom. The van der Waals surface area contributed by atoms with E-state index in [1.54, 1.807) is 35.2 Å². The van der Waals surface area contributed by atoms with Crippen LogP contribution in [0.1, 0.15) is 17.3 Å². The summed E-state index contributed by atoms with van der Waals surface area (Å²) in [5.74, 6) is -0.527. The van der Waals surface area contributed by atoms with Crippen molar-refractivity contribution in [3.8, 4) is 6.07 Å². The maximum atomic E-state index is 13.1. The second-order valence-electron chi connectivity index (χ2n) is 6.22. The van der Waals surface area contributed by atoms with Crippen molar-refractivity contribution >= 4 is 39.6 Å². The molecular weight excluding hydrogens is 364 g/mol. The van der Waals surface area contributed by atoms with Crippen molar-refractivity contribution in [1.82, 2.24) is 0 Å². The van der Waals surface area contributed by atoms with Crippen LogP contribution < -0.4 is 16.1 Å². The fourth-order valence-corrected chi connectivity index (χ4v) is 2.98. The first kappa shape index (κ1) is 19.6. The van der Waals surface area contributed by atoms with E-state index in [0.717, 1.165) is 16.5 Å². The monoisotopic (exact) mass is 384 g/mol. The summed E-state index contributed by atoms with van der Waals surface area (Å²) in [4.78, 5) is 14.9. The van der Waals surface area contributed by atoms with Crippen LogP contribution in [0.3, 0.4) is 0 Å². The molecule has 0 heterocycles. The van der Waals surface area contributed by atoms with E-state index in [4.69, 9.17) is 16.4 Å². The van der Waals surface area contributed by atoms with Crippen LogP contribution in [-0.2, 0) is 0 Å². The van der Waals surface area contributed by atoms with Gasteiger partial charge in [-0.15, -0.1) is 0 Å². The van der Waals surface area contributed by atoms with E-state index < -0.39 is 5.84 Å². The Morgan fingerprint density at radius 1 is 1.14 bits per heavy atom. The highest BCUT2D eigenvalue weighted by Crippen LogP contribution is 2.28. The van der Waals surface area contributed by atoms with E-state index >= 15 is 0 Å². The number of benzene rings is 3. The molecule has 0 saturated carbocycles. The molecule has 0 aliphatic carbocycles. The van der Waals surface area contributed by atoms with Crippen LogP contribution >= 0.6 is 0 Å². The summed E-state index contributed by atoms with van der Waals surface area (Å²) in [6.45, 7) is 2.47. The van der Waals surface area contributed by atoms with E-state index in [1.807, 2.05) is 49.4 Å². The van der Waals surface area contributed by atoms with Crippen molar-refractivity contribution in [3.05, 3.63) is 72.3 Å². The number of amides is 1. The number of anilines is 2. The molecule has 7 heteroatoms. The highest BCUT2D eigenvalue weighted by atomic mass is 16.2. The number of amidine groups is 1. The second kappa shape index (κ2) is 8.67. The number of rotatable bonds is 6. The predicted molar refractivity (Wildman–Crippen MR) is 116 cm³/mol. The lowest BCUT2D eigenvalue weighted by atomic mass is 10.1. The molecule has 29 heavy (non-hydrogen) atoms. The summed E-state index contributed by atoms with van der Waals surface area (Å²) in [5, 5.41) is 22.0. The number of nitrogens with two attached hydrogens (primary N) is 1. The number of hydrogen-bond donors (Lipinski definition) is 3. The van der Waals surface area contributed by atoms with E-state index in [-0.39, 0.29) is 11.6 Å². The zero-order valence-corrected chi connectivity index (χ0v) is 15.9. The number of hydrogen-bond acceptors (Lipinski definition) is 5. The molecule has 144 valence electrons. The Balaban J connectivity index is 1.85. The molecule has 0 radical (unpaired) electrons. The third kappa shape index (κ3) is 4.22. The lowest BCUT2D eigenvalue weighted by Crippen LogP contribution is -2.30. The first-order valence-corrected chi connectivity index (χ1v) is 9.03. The maximum Gasteiger partial charge on any atom is 0.258 e. The first-order valence-electron chi connectivity index (χ1n) is 9.03. The molecule has 4 N–H and O–H groups in total. The Kier molecular flexibility index (Phi) is 5.85. The number of nitrogens with zero attached hydrogens (tertiary/aromatic N) is 3. The summed E-state index contributed by atoms with van der Waals surface area (Å²) in [5.41, 5.74) is 9.68. The number of fused-ring (bicyclic) bond motifs is 1. The molecule has 0 spiro atoms. The summed E-state index contributed by atoms with van der Waals surface area (Å²) in [7, 11) is 0. The van der Waals surface area contributed by atoms with Crippen molar-refractivity contribution in [1.29, 1.82) is 10.7 Å². The number of nitriles is 1. The van der Waals surface area contributed by atoms with Crippen LogP contribution in [0.4, 0.5) is 11.4 Å². The van der Waals surface area contributed by atoms with Gasteiger partial charge in [0.1, 0.15) is 6.07 Å². The van der Waals surface area contributed by atoms with E-state index in [0.29, 0.717) is 17.8 Å². The highest BCUT2D eigenvalue weighted by molar-refractivity contribution is 6.45. The molecule has 0 fully saturated rings. The van der Waals surface area contributed by atoms with Gasteiger partial charge in [0.05, 0.1) is 11.4 Å². The molecule has 3 rings (SSSR count). The Labute approximate surface area is 168 Å². The van der Waals surface area contributed by atoms with E-state index in [2.05, 4.69) is 10.5 Å². The Morgan fingerprint density at radius 3 is 2.48 bits per heavy atom. The number of carbonyl (C=O) groups is 1. The van der Waals surface area contributed by atoms with Gasteiger partial charge in [0, 0.05) is 17.5 Å². The molecule has 0 bridgehead atoms. The standard InChI is InChI=1S/C22H20N6O/c1-2-28(20-9-5-7-15-6-3-4-8-18(15)20)22(29)16-10-12-17(13-11-16)26-27-19(14-23)21(24)25/h3-13,26H,2H2,1H3,(H3,24,25)/b27-19+. The molecule has 0 aliphatic rings. The molecule has 0 aromatic heterocycles. The van der Waals surface area contributed by atoms with E-state index in [1.165, 1.54) is 0 Å². The SMILES string of the molecule is CCN(C(=O)c1ccc(N/N=C(\C#N)C(=N)N)cc1)c1cccc2ccccc12. The fourth-order valence-electron chi connectivity index (χ4n) is 2.98. The summed E-state index contributed by atoms with van der Waals surface area (Å²) in [6, 6.07) is 22.4. The first-order chi connectivity index (χ1) is 14.0. The minimum Gasteiger partial charge on any atom is -0.382 e. The Bertz CT molecular complexity index is 1120. The second-order valence-corrected chi connectivity index (χ2v) is 6.22. The predicted octanol–water partition coefficient (Wildman–Crippen LogP) is 3.73. The van der Waals surface area contributed by atoms with Gasteiger partial charge in [-0.2, -0.15) is 10.4 Å². The number of nitrogens with one attached hydrogen (secondary N) is 2. The minimum atomic E-state index is -0.416. The van der Waals surface area contributed by atoms with Gasteiger partial charge in [-0.3, -0.25) is 15.6 Å². The van der Waals surface area contributed by atoms with Gasteiger partial charge in [-0.05, 0) is 42.6 Å².